The molecule has 232 valence electrons. The van der Waals surface area contributed by atoms with Gasteiger partial charge in [-0.3, -0.25) is 9.98 Å². The zero-order valence-corrected chi connectivity index (χ0v) is 26.7. The van der Waals surface area contributed by atoms with Crippen LogP contribution in [0.4, 0.5) is 0 Å². The standard InChI is InChI=1S/C38H58N2O2/c1-3-5-7-9-11-13-15-19-31-23-25-33(37(41)27-31)29-39-35-21-17-18-22-36(35)40-30-34-26-24-32(28-38(34)42)20-16-14-12-10-8-6-4-2/h23-30,35-36,41-42H,3-22H2,1-2H3/t35-,36-/m0/s1. The molecule has 4 heteroatoms. The Hall–Kier alpha value is -2.62. The van der Waals surface area contributed by atoms with Gasteiger partial charge in [-0.2, -0.15) is 0 Å². The third kappa shape index (κ3) is 12.7. The molecular weight excluding hydrogens is 516 g/mol. The molecule has 1 saturated carbocycles. The third-order valence-electron chi connectivity index (χ3n) is 8.83. The van der Waals surface area contributed by atoms with E-state index >= 15 is 0 Å². The molecule has 1 fully saturated rings. The summed E-state index contributed by atoms with van der Waals surface area (Å²) in [7, 11) is 0. The number of nitrogens with zero attached hydrogens (tertiary/aromatic N) is 2. The first-order valence-corrected chi connectivity index (χ1v) is 17.3. The van der Waals surface area contributed by atoms with E-state index in [1.807, 2.05) is 36.7 Å². The second-order valence-electron chi connectivity index (χ2n) is 12.5. The molecule has 2 aromatic carbocycles. The van der Waals surface area contributed by atoms with Gasteiger partial charge >= 0.3 is 0 Å². The average Bonchev–Trinajstić information content (AvgIpc) is 3.00. The van der Waals surface area contributed by atoms with Gasteiger partial charge in [-0.15, -0.1) is 0 Å². The summed E-state index contributed by atoms with van der Waals surface area (Å²) in [6.07, 6.45) is 28.2. The number of aromatic hydroxyl groups is 2. The molecule has 3 rings (SSSR count). The molecule has 42 heavy (non-hydrogen) atoms. The van der Waals surface area contributed by atoms with Gasteiger partial charge in [-0.05, 0) is 73.9 Å². The highest BCUT2D eigenvalue weighted by molar-refractivity contribution is 5.84. The largest absolute Gasteiger partial charge is 0.507 e. The maximum Gasteiger partial charge on any atom is 0.124 e. The third-order valence-corrected chi connectivity index (χ3v) is 8.83. The number of hydrogen-bond acceptors (Lipinski definition) is 4. The Morgan fingerprint density at radius 1 is 0.571 bits per heavy atom. The SMILES string of the molecule is CCCCCCCCCc1ccc(C=N[C@H]2CCCC[C@@H]2N=Cc2ccc(CCCCCCCCC)cc2O)c(O)c1. The maximum absolute atomic E-state index is 10.7. The number of hydrogen-bond donors (Lipinski definition) is 2. The van der Waals surface area contributed by atoms with Crippen molar-refractivity contribution >= 4 is 12.4 Å². The van der Waals surface area contributed by atoms with Crippen molar-refractivity contribution in [2.24, 2.45) is 9.98 Å². The van der Waals surface area contributed by atoms with Crippen molar-refractivity contribution in [1.82, 2.24) is 0 Å². The molecule has 0 amide bonds. The highest BCUT2D eigenvalue weighted by atomic mass is 16.3. The Balaban J connectivity index is 1.48. The summed E-state index contributed by atoms with van der Waals surface area (Å²) in [6, 6.07) is 12.3. The van der Waals surface area contributed by atoms with Crippen molar-refractivity contribution in [3.8, 4) is 11.5 Å². The molecule has 0 spiro atoms. The van der Waals surface area contributed by atoms with Gasteiger partial charge in [-0.25, -0.2) is 0 Å². The highest BCUT2D eigenvalue weighted by Gasteiger charge is 2.23. The van der Waals surface area contributed by atoms with E-state index in [4.69, 9.17) is 9.98 Å². The zero-order chi connectivity index (χ0) is 29.8. The monoisotopic (exact) mass is 574 g/mol. The first-order chi connectivity index (χ1) is 20.6. The van der Waals surface area contributed by atoms with Gasteiger partial charge in [0.1, 0.15) is 11.5 Å². The van der Waals surface area contributed by atoms with Gasteiger partial charge < -0.3 is 10.2 Å². The molecular formula is C38H58N2O2. The fourth-order valence-electron chi connectivity index (χ4n) is 6.07. The molecule has 0 aliphatic heterocycles. The van der Waals surface area contributed by atoms with E-state index in [9.17, 15) is 10.2 Å². The minimum atomic E-state index is 0.0977. The first-order valence-electron chi connectivity index (χ1n) is 17.3. The van der Waals surface area contributed by atoms with Crippen LogP contribution in [0.5, 0.6) is 11.5 Å². The molecule has 0 saturated heterocycles. The number of phenols is 2. The van der Waals surface area contributed by atoms with Crippen LogP contribution in [0.1, 0.15) is 152 Å². The maximum atomic E-state index is 10.7. The topological polar surface area (TPSA) is 65.2 Å². The number of rotatable bonds is 20. The van der Waals surface area contributed by atoms with E-state index < -0.39 is 0 Å². The summed E-state index contributed by atoms with van der Waals surface area (Å²) < 4.78 is 0. The van der Waals surface area contributed by atoms with Crippen LogP contribution in [0.25, 0.3) is 0 Å². The van der Waals surface area contributed by atoms with Crippen LogP contribution in [0.15, 0.2) is 46.4 Å². The van der Waals surface area contributed by atoms with Crippen molar-refractivity contribution in [1.29, 1.82) is 0 Å². The second kappa shape index (κ2) is 20.3. The number of benzene rings is 2. The van der Waals surface area contributed by atoms with E-state index in [1.54, 1.807) is 0 Å². The van der Waals surface area contributed by atoms with E-state index in [-0.39, 0.29) is 12.1 Å². The van der Waals surface area contributed by atoms with Crippen LogP contribution >= 0.6 is 0 Å². The summed E-state index contributed by atoms with van der Waals surface area (Å²) in [6.45, 7) is 4.51. The molecule has 2 aromatic rings. The summed E-state index contributed by atoms with van der Waals surface area (Å²) in [5.74, 6) is 0.633. The van der Waals surface area contributed by atoms with Crippen molar-refractivity contribution in [3.05, 3.63) is 58.7 Å². The Labute approximate surface area is 256 Å². The summed E-state index contributed by atoms with van der Waals surface area (Å²) in [5, 5.41) is 21.3. The predicted molar refractivity (Wildman–Crippen MR) is 181 cm³/mol. The van der Waals surface area contributed by atoms with Gasteiger partial charge in [0, 0.05) is 23.6 Å². The smallest absolute Gasteiger partial charge is 0.124 e. The molecule has 2 N–H and O–H groups in total. The van der Waals surface area contributed by atoms with Gasteiger partial charge in [-0.1, -0.05) is 116 Å². The van der Waals surface area contributed by atoms with Crippen LogP contribution in [-0.2, 0) is 12.8 Å². The quantitative estimate of drug-likeness (QED) is 0.122. The molecule has 1 aliphatic rings. The van der Waals surface area contributed by atoms with Gasteiger partial charge in [0.05, 0.1) is 12.1 Å². The molecule has 1 aliphatic carbocycles. The fourth-order valence-corrected chi connectivity index (χ4v) is 6.07. The Morgan fingerprint density at radius 2 is 0.952 bits per heavy atom. The minimum Gasteiger partial charge on any atom is -0.507 e. The lowest BCUT2D eigenvalue weighted by molar-refractivity contribution is 0.390. The van der Waals surface area contributed by atoms with E-state index in [1.165, 1.54) is 101 Å². The lowest BCUT2D eigenvalue weighted by Crippen LogP contribution is -2.27. The number of phenolic OH excluding ortho intramolecular Hbond substituents is 2. The molecule has 2 atom stereocenters. The van der Waals surface area contributed by atoms with Gasteiger partial charge in [0.15, 0.2) is 0 Å². The van der Waals surface area contributed by atoms with Crippen molar-refractivity contribution in [2.45, 2.75) is 154 Å². The highest BCUT2D eigenvalue weighted by Crippen LogP contribution is 2.26. The zero-order valence-electron chi connectivity index (χ0n) is 26.7. The van der Waals surface area contributed by atoms with Crippen molar-refractivity contribution in [3.63, 3.8) is 0 Å². The number of unbranched alkanes of at least 4 members (excludes halogenated alkanes) is 12. The van der Waals surface area contributed by atoms with Gasteiger partial charge in [0.25, 0.3) is 0 Å². The molecule has 0 unspecified atom stereocenters. The lowest BCUT2D eigenvalue weighted by atomic mass is 9.91. The summed E-state index contributed by atoms with van der Waals surface area (Å²) in [4.78, 5) is 9.78. The Kier molecular flexibility index (Phi) is 16.4. The number of aliphatic imine (C=N–C) groups is 2. The van der Waals surface area contributed by atoms with Crippen LogP contribution in [-0.4, -0.2) is 34.7 Å². The lowest BCUT2D eigenvalue weighted by Gasteiger charge is -2.25. The van der Waals surface area contributed by atoms with Crippen molar-refractivity contribution in [2.75, 3.05) is 0 Å². The fraction of sp³-hybridized carbons (Fsp3) is 0.632. The van der Waals surface area contributed by atoms with E-state index in [2.05, 4.69) is 26.0 Å². The first kappa shape index (κ1) is 33.9. The summed E-state index contributed by atoms with van der Waals surface area (Å²) in [5.41, 5.74) is 3.96. The van der Waals surface area contributed by atoms with Crippen LogP contribution in [0.2, 0.25) is 0 Å². The molecule has 0 heterocycles. The van der Waals surface area contributed by atoms with E-state index in [0.29, 0.717) is 11.5 Å². The summed E-state index contributed by atoms with van der Waals surface area (Å²) >= 11 is 0. The molecule has 0 radical (unpaired) electrons. The number of aryl methyl sites for hydroxylation is 2. The predicted octanol–water partition coefficient (Wildman–Crippen LogP) is 10.5. The Morgan fingerprint density at radius 3 is 1.33 bits per heavy atom. The molecule has 4 nitrogen and oxygen atoms in total. The van der Waals surface area contributed by atoms with Gasteiger partial charge in [0.2, 0.25) is 0 Å². The van der Waals surface area contributed by atoms with Crippen LogP contribution in [0, 0.1) is 0 Å². The van der Waals surface area contributed by atoms with Crippen molar-refractivity contribution < 1.29 is 10.2 Å². The average molecular weight is 575 g/mol. The Bertz CT molecular complexity index is 991. The van der Waals surface area contributed by atoms with Crippen LogP contribution < -0.4 is 0 Å². The van der Waals surface area contributed by atoms with Crippen LogP contribution in [0.3, 0.4) is 0 Å². The second-order valence-corrected chi connectivity index (χ2v) is 12.5. The minimum absolute atomic E-state index is 0.0977. The normalized spacial score (nSPS) is 17.5. The molecule has 0 aromatic heterocycles. The molecule has 0 bridgehead atoms. The van der Waals surface area contributed by atoms with E-state index in [0.717, 1.165) is 49.7 Å².